The highest BCUT2D eigenvalue weighted by Crippen LogP contribution is 2.29. The van der Waals surface area contributed by atoms with Crippen molar-refractivity contribution in [3.05, 3.63) is 71.8 Å². The first kappa shape index (κ1) is 22.5. The Hall–Kier alpha value is -2.67. The molecule has 2 heterocycles. The molecule has 1 aliphatic heterocycles. The first-order valence-corrected chi connectivity index (χ1v) is 12.9. The summed E-state index contributed by atoms with van der Waals surface area (Å²) in [5.41, 5.74) is 2.17. The van der Waals surface area contributed by atoms with Crippen molar-refractivity contribution in [3.63, 3.8) is 0 Å². The summed E-state index contributed by atoms with van der Waals surface area (Å²) in [6.45, 7) is 5.75. The number of aryl methyl sites for hydroxylation is 2. The summed E-state index contributed by atoms with van der Waals surface area (Å²) in [5.74, 6) is 1.24. The number of aromatic nitrogens is 2. The summed E-state index contributed by atoms with van der Waals surface area (Å²) < 4.78 is 27.4. The number of sulfone groups is 1. The van der Waals surface area contributed by atoms with Gasteiger partial charge in [0.1, 0.15) is 5.82 Å². The Morgan fingerprint density at radius 3 is 2.53 bits per heavy atom. The summed E-state index contributed by atoms with van der Waals surface area (Å²) in [7, 11) is -3.35. The van der Waals surface area contributed by atoms with Crippen LogP contribution in [0.25, 0.3) is 0 Å². The molecule has 1 amide bonds. The zero-order valence-electron chi connectivity index (χ0n) is 18.8. The maximum absolute atomic E-state index is 12.9. The summed E-state index contributed by atoms with van der Waals surface area (Å²) in [6, 6.07) is 6.99. The van der Waals surface area contributed by atoms with Gasteiger partial charge in [-0.25, -0.2) is 13.4 Å². The first-order valence-electron chi connectivity index (χ1n) is 11.3. The monoisotopic (exact) mass is 453 g/mol. The van der Waals surface area contributed by atoms with Crippen LogP contribution in [0.15, 0.2) is 65.4 Å². The fraction of sp³-hybridized carbons (Fsp3) is 0.440. The number of hydrogen-bond acceptors (Lipinski definition) is 4. The molecule has 2 aromatic rings. The minimum Gasteiger partial charge on any atom is -0.342 e. The van der Waals surface area contributed by atoms with Gasteiger partial charge in [-0.3, -0.25) is 4.79 Å². The molecule has 0 spiro atoms. The van der Waals surface area contributed by atoms with E-state index in [4.69, 9.17) is 0 Å². The number of hydrogen-bond donors (Lipinski definition) is 0. The predicted octanol–water partition coefficient (Wildman–Crippen LogP) is 3.89. The van der Waals surface area contributed by atoms with Crippen LogP contribution in [0, 0.1) is 12.8 Å². The van der Waals surface area contributed by atoms with Crippen LogP contribution in [0.2, 0.25) is 0 Å². The van der Waals surface area contributed by atoms with E-state index in [9.17, 15) is 13.2 Å². The molecule has 170 valence electrons. The van der Waals surface area contributed by atoms with Crippen LogP contribution in [-0.4, -0.2) is 47.6 Å². The number of allylic oxidation sites excluding steroid dienone is 2. The number of piperidine rings is 1. The van der Waals surface area contributed by atoms with E-state index in [0.717, 1.165) is 36.2 Å². The van der Waals surface area contributed by atoms with E-state index in [2.05, 4.69) is 17.1 Å². The highest BCUT2D eigenvalue weighted by Gasteiger charge is 2.30. The largest absolute Gasteiger partial charge is 0.342 e. The predicted molar refractivity (Wildman–Crippen MR) is 125 cm³/mol. The van der Waals surface area contributed by atoms with Crippen LogP contribution in [0.5, 0.6) is 0 Å². The molecule has 0 radical (unpaired) electrons. The number of nitrogens with zero attached hydrogens (tertiary/aromatic N) is 3. The van der Waals surface area contributed by atoms with Crippen molar-refractivity contribution in [1.29, 1.82) is 0 Å². The fourth-order valence-corrected chi connectivity index (χ4v) is 5.75. The Balaban J connectivity index is 1.37. The molecule has 1 unspecified atom stereocenters. The summed E-state index contributed by atoms with van der Waals surface area (Å²) in [5, 5.41) is 0. The van der Waals surface area contributed by atoms with Gasteiger partial charge in [-0.15, -0.1) is 0 Å². The van der Waals surface area contributed by atoms with Gasteiger partial charge in [0.2, 0.25) is 5.91 Å². The first-order chi connectivity index (χ1) is 15.3. The number of imidazole rings is 1. The SMILES string of the molecule is CC1=CCC=CC1C(=O)N1CCC(c2nccn2CCS(=O)(=O)c2ccc(C)cc2)CC1. The molecule has 1 atom stereocenters. The van der Waals surface area contributed by atoms with Crippen molar-refractivity contribution < 1.29 is 13.2 Å². The van der Waals surface area contributed by atoms with Crippen LogP contribution in [0.1, 0.15) is 43.5 Å². The minimum atomic E-state index is -3.35. The van der Waals surface area contributed by atoms with Crippen LogP contribution in [0.3, 0.4) is 0 Å². The molecule has 4 rings (SSSR count). The van der Waals surface area contributed by atoms with E-state index >= 15 is 0 Å². The number of rotatable bonds is 6. The molecular formula is C25H31N3O3S. The second-order valence-corrected chi connectivity index (χ2v) is 10.9. The molecule has 1 aliphatic carbocycles. The highest BCUT2D eigenvalue weighted by atomic mass is 32.2. The molecule has 1 fully saturated rings. The molecular weight excluding hydrogens is 422 g/mol. The standard InChI is InChI=1S/C25H31N3O3S/c1-19-7-9-22(10-8-19)32(30,31)18-17-27-16-13-26-24(27)21-11-14-28(15-12-21)25(29)23-6-4-3-5-20(23)2/h4-10,13,16,21,23H,3,11-12,14-15,17-18H2,1-2H3. The Bertz CT molecular complexity index is 1120. The number of carbonyl (C=O) groups excluding carboxylic acids is 1. The van der Waals surface area contributed by atoms with E-state index in [1.807, 2.05) is 47.7 Å². The zero-order valence-corrected chi connectivity index (χ0v) is 19.6. The van der Waals surface area contributed by atoms with Crippen LogP contribution in [0.4, 0.5) is 0 Å². The summed E-state index contributed by atoms with van der Waals surface area (Å²) in [6.07, 6.45) is 12.4. The number of likely N-dealkylation sites (tertiary alicyclic amines) is 1. The molecule has 1 saturated heterocycles. The van der Waals surface area contributed by atoms with E-state index in [1.165, 1.54) is 0 Å². The quantitative estimate of drug-likeness (QED) is 0.622. The lowest BCUT2D eigenvalue weighted by Crippen LogP contribution is -2.41. The van der Waals surface area contributed by atoms with Crippen LogP contribution in [-0.2, 0) is 21.2 Å². The van der Waals surface area contributed by atoms with Crippen LogP contribution < -0.4 is 0 Å². The molecule has 32 heavy (non-hydrogen) atoms. The molecule has 0 saturated carbocycles. The molecule has 1 aromatic heterocycles. The van der Waals surface area contributed by atoms with Gasteiger partial charge in [0, 0.05) is 37.9 Å². The van der Waals surface area contributed by atoms with Gasteiger partial charge in [-0.05, 0) is 45.2 Å². The average molecular weight is 454 g/mol. The number of carbonyl (C=O) groups is 1. The normalized spacial score (nSPS) is 19.8. The third-order valence-corrected chi connectivity index (χ3v) is 8.27. The second kappa shape index (κ2) is 9.45. The third kappa shape index (κ3) is 4.88. The average Bonchev–Trinajstić information content (AvgIpc) is 3.27. The lowest BCUT2D eigenvalue weighted by Gasteiger charge is -2.34. The maximum Gasteiger partial charge on any atom is 0.233 e. The van der Waals surface area contributed by atoms with Gasteiger partial charge in [-0.1, -0.05) is 41.5 Å². The number of benzene rings is 1. The van der Waals surface area contributed by atoms with E-state index in [-0.39, 0.29) is 23.5 Å². The fourth-order valence-electron chi connectivity index (χ4n) is 4.53. The van der Waals surface area contributed by atoms with Gasteiger partial charge in [0.15, 0.2) is 9.84 Å². The minimum absolute atomic E-state index is 0.0381. The Morgan fingerprint density at radius 1 is 1.12 bits per heavy atom. The van der Waals surface area contributed by atoms with E-state index < -0.39 is 9.84 Å². The van der Waals surface area contributed by atoms with Gasteiger partial charge in [0.05, 0.1) is 16.6 Å². The Kier molecular flexibility index (Phi) is 6.65. The summed E-state index contributed by atoms with van der Waals surface area (Å²) >= 11 is 0. The smallest absolute Gasteiger partial charge is 0.233 e. The van der Waals surface area contributed by atoms with Crippen molar-refractivity contribution in [2.75, 3.05) is 18.8 Å². The van der Waals surface area contributed by atoms with Crippen molar-refractivity contribution in [3.8, 4) is 0 Å². The van der Waals surface area contributed by atoms with Crippen molar-refractivity contribution >= 4 is 15.7 Å². The third-order valence-electron chi connectivity index (χ3n) is 6.56. The van der Waals surface area contributed by atoms with Crippen molar-refractivity contribution in [2.45, 2.75) is 50.5 Å². The van der Waals surface area contributed by atoms with Gasteiger partial charge < -0.3 is 9.47 Å². The molecule has 7 heteroatoms. The lowest BCUT2D eigenvalue weighted by atomic mass is 9.90. The van der Waals surface area contributed by atoms with Crippen LogP contribution >= 0.6 is 0 Å². The second-order valence-electron chi connectivity index (χ2n) is 8.80. The zero-order chi connectivity index (χ0) is 22.7. The lowest BCUT2D eigenvalue weighted by molar-refractivity contribution is -0.134. The molecule has 6 nitrogen and oxygen atoms in total. The van der Waals surface area contributed by atoms with E-state index in [0.29, 0.717) is 24.5 Å². The molecule has 0 bridgehead atoms. The molecule has 0 N–H and O–H groups in total. The van der Waals surface area contributed by atoms with Gasteiger partial charge >= 0.3 is 0 Å². The van der Waals surface area contributed by atoms with Crippen molar-refractivity contribution in [2.24, 2.45) is 5.92 Å². The summed E-state index contributed by atoms with van der Waals surface area (Å²) in [4.78, 5) is 19.8. The van der Waals surface area contributed by atoms with E-state index in [1.54, 1.807) is 18.3 Å². The Labute approximate surface area is 190 Å². The molecule has 2 aliphatic rings. The van der Waals surface area contributed by atoms with Crippen molar-refractivity contribution in [1.82, 2.24) is 14.5 Å². The van der Waals surface area contributed by atoms with Gasteiger partial charge in [0.25, 0.3) is 0 Å². The highest BCUT2D eigenvalue weighted by molar-refractivity contribution is 7.91. The topological polar surface area (TPSA) is 72.3 Å². The Morgan fingerprint density at radius 2 is 1.84 bits per heavy atom. The number of amides is 1. The molecule has 1 aromatic carbocycles. The van der Waals surface area contributed by atoms with Gasteiger partial charge in [-0.2, -0.15) is 0 Å². The maximum atomic E-state index is 12.9.